The molecule has 1 amide bonds. The van der Waals surface area contributed by atoms with E-state index in [2.05, 4.69) is 29.5 Å². The second-order valence-corrected chi connectivity index (χ2v) is 9.11. The van der Waals surface area contributed by atoms with Crippen molar-refractivity contribution in [3.05, 3.63) is 47.7 Å². The van der Waals surface area contributed by atoms with Crippen LogP contribution < -0.4 is 5.32 Å². The third-order valence-electron chi connectivity index (χ3n) is 4.67. The fraction of sp³-hybridized carbons (Fsp3) is 0.444. The van der Waals surface area contributed by atoms with Gasteiger partial charge in [0, 0.05) is 23.1 Å². The van der Waals surface area contributed by atoms with Crippen molar-refractivity contribution in [3.8, 4) is 0 Å². The number of anilines is 1. The van der Waals surface area contributed by atoms with Crippen LogP contribution in [0, 0.1) is 5.92 Å². The zero-order valence-corrected chi connectivity index (χ0v) is 15.3. The van der Waals surface area contributed by atoms with E-state index in [1.54, 1.807) is 6.20 Å². The minimum Gasteiger partial charge on any atom is -0.307 e. The number of aromatic nitrogens is 2. The van der Waals surface area contributed by atoms with Gasteiger partial charge in [0.25, 0.3) is 5.91 Å². The lowest BCUT2D eigenvalue weighted by molar-refractivity contribution is 0.102. The van der Waals surface area contributed by atoms with Crippen LogP contribution in [-0.4, -0.2) is 27.2 Å². The molecule has 1 N–H and O–H groups in total. The normalized spacial score (nSPS) is 19.4. The zero-order valence-electron chi connectivity index (χ0n) is 13.6. The fourth-order valence-corrected chi connectivity index (χ4v) is 5.91. The molecule has 0 radical (unpaired) electrons. The van der Waals surface area contributed by atoms with Crippen molar-refractivity contribution in [2.45, 2.75) is 30.4 Å². The molecule has 1 aliphatic carbocycles. The standard InChI is InChI=1S/C18H21N3OS2/c1-12(13-2-3-13)21-16(8-9-19-21)20-17(22)14-4-6-15(7-5-14)18-23-10-11-24-18/h4-9,12-13,18H,2-3,10-11H2,1H3,(H,20,22). The topological polar surface area (TPSA) is 46.9 Å². The van der Waals surface area contributed by atoms with E-state index < -0.39 is 0 Å². The lowest BCUT2D eigenvalue weighted by Gasteiger charge is -2.15. The predicted octanol–water partition coefficient (Wildman–Crippen LogP) is 4.59. The highest BCUT2D eigenvalue weighted by Gasteiger charge is 2.30. The molecular weight excluding hydrogens is 338 g/mol. The molecule has 0 bridgehead atoms. The fourth-order valence-electron chi connectivity index (χ4n) is 3.05. The summed E-state index contributed by atoms with van der Waals surface area (Å²) >= 11 is 3.96. The van der Waals surface area contributed by atoms with Gasteiger partial charge in [-0.1, -0.05) is 12.1 Å². The van der Waals surface area contributed by atoms with Gasteiger partial charge in [-0.15, -0.1) is 23.5 Å². The zero-order chi connectivity index (χ0) is 16.5. The van der Waals surface area contributed by atoms with Crippen molar-refractivity contribution >= 4 is 35.2 Å². The SMILES string of the molecule is CC(C1CC1)n1nccc1NC(=O)c1ccc(C2SCCS2)cc1. The summed E-state index contributed by atoms with van der Waals surface area (Å²) < 4.78 is 2.46. The second kappa shape index (κ2) is 6.84. The first kappa shape index (κ1) is 16.1. The van der Waals surface area contributed by atoms with Crippen molar-refractivity contribution in [2.24, 2.45) is 5.92 Å². The molecule has 2 heterocycles. The largest absolute Gasteiger partial charge is 0.307 e. The van der Waals surface area contributed by atoms with Crippen molar-refractivity contribution in [1.82, 2.24) is 9.78 Å². The van der Waals surface area contributed by atoms with Gasteiger partial charge in [0.05, 0.1) is 16.8 Å². The van der Waals surface area contributed by atoms with Crippen molar-refractivity contribution in [3.63, 3.8) is 0 Å². The first-order chi connectivity index (χ1) is 11.7. The summed E-state index contributed by atoms with van der Waals surface area (Å²) in [5.74, 6) is 3.83. The van der Waals surface area contributed by atoms with Crippen molar-refractivity contribution < 1.29 is 4.79 Å². The number of nitrogens with zero attached hydrogens (tertiary/aromatic N) is 2. The summed E-state index contributed by atoms with van der Waals surface area (Å²) in [5.41, 5.74) is 1.99. The van der Waals surface area contributed by atoms with Crippen LogP contribution in [0.2, 0.25) is 0 Å². The highest BCUT2D eigenvalue weighted by Crippen LogP contribution is 2.45. The van der Waals surface area contributed by atoms with Crippen LogP contribution in [0.3, 0.4) is 0 Å². The van der Waals surface area contributed by atoms with Crippen LogP contribution in [0.4, 0.5) is 5.82 Å². The number of hydrogen-bond donors (Lipinski definition) is 1. The lowest BCUT2D eigenvalue weighted by Crippen LogP contribution is -2.18. The minimum atomic E-state index is -0.0713. The van der Waals surface area contributed by atoms with Gasteiger partial charge in [0.1, 0.15) is 5.82 Å². The Bertz CT molecular complexity index is 718. The van der Waals surface area contributed by atoms with Crippen LogP contribution in [0.25, 0.3) is 0 Å². The molecule has 4 nitrogen and oxygen atoms in total. The third kappa shape index (κ3) is 3.35. The Morgan fingerprint density at radius 1 is 1.21 bits per heavy atom. The summed E-state index contributed by atoms with van der Waals surface area (Å²) in [6.45, 7) is 2.17. The third-order valence-corrected chi connectivity index (χ3v) is 7.77. The number of carbonyl (C=O) groups excluding carboxylic acids is 1. The maximum Gasteiger partial charge on any atom is 0.256 e. The summed E-state index contributed by atoms with van der Waals surface area (Å²) in [6, 6.07) is 10.2. The van der Waals surface area contributed by atoms with Crippen LogP contribution in [0.15, 0.2) is 36.5 Å². The van der Waals surface area contributed by atoms with Gasteiger partial charge in [-0.25, -0.2) is 4.68 Å². The Morgan fingerprint density at radius 3 is 2.58 bits per heavy atom. The summed E-state index contributed by atoms with van der Waals surface area (Å²) in [4.78, 5) is 12.5. The van der Waals surface area contributed by atoms with Crippen LogP contribution in [0.1, 0.15) is 46.3 Å². The Balaban J connectivity index is 1.45. The minimum absolute atomic E-state index is 0.0713. The number of hydrogen-bond acceptors (Lipinski definition) is 4. The van der Waals surface area contributed by atoms with Gasteiger partial charge >= 0.3 is 0 Å². The van der Waals surface area contributed by atoms with Gasteiger partial charge < -0.3 is 5.32 Å². The average molecular weight is 360 g/mol. The second-order valence-electron chi connectivity index (χ2n) is 6.39. The molecule has 6 heteroatoms. The van der Waals surface area contributed by atoms with Crippen LogP contribution >= 0.6 is 23.5 Å². The Labute approximate surface area is 150 Å². The van der Waals surface area contributed by atoms with E-state index in [9.17, 15) is 4.79 Å². The number of rotatable bonds is 5. The van der Waals surface area contributed by atoms with Gasteiger partial charge in [-0.2, -0.15) is 5.10 Å². The van der Waals surface area contributed by atoms with Crippen LogP contribution in [-0.2, 0) is 0 Å². The maximum absolute atomic E-state index is 12.5. The van der Waals surface area contributed by atoms with E-state index in [0.717, 1.165) is 5.82 Å². The molecule has 1 saturated carbocycles. The maximum atomic E-state index is 12.5. The van der Waals surface area contributed by atoms with E-state index in [1.807, 2.05) is 46.4 Å². The van der Waals surface area contributed by atoms with E-state index >= 15 is 0 Å². The Hall–Kier alpha value is -1.40. The van der Waals surface area contributed by atoms with E-state index in [1.165, 1.54) is 29.9 Å². The number of benzene rings is 1. The lowest BCUT2D eigenvalue weighted by atomic mass is 10.1. The Morgan fingerprint density at radius 2 is 1.92 bits per heavy atom. The number of nitrogens with one attached hydrogen (secondary N) is 1. The molecule has 2 aromatic rings. The van der Waals surface area contributed by atoms with Crippen LogP contribution in [0.5, 0.6) is 0 Å². The van der Waals surface area contributed by atoms with Gasteiger partial charge in [0.2, 0.25) is 0 Å². The first-order valence-electron chi connectivity index (χ1n) is 8.40. The summed E-state index contributed by atoms with van der Waals surface area (Å²) in [5, 5.41) is 7.40. The summed E-state index contributed by atoms with van der Waals surface area (Å²) in [7, 11) is 0. The van der Waals surface area contributed by atoms with E-state index in [0.29, 0.717) is 22.1 Å². The molecule has 1 aromatic heterocycles. The van der Waals surface area contributed by atoms with Gasteiger partial charge in [-0.05, 0) is 43.4 Å². The molecule has 1 atom stereocenters. The quantitative estimate of drug-likeness (QED) is 0.848. The van der Waals surface area contributed by atoms with Crippen molar-refractivity contribution in [1.29, 1.82) is 0 Å². The number of thioether (sulfide) groups is 2. The monoisotopic (exact) mass is 359 g/mol. The van der Waals surface area contributed by atoms with E-state index in [4.69, 9.17) is 0 Å². The molecule has 0 spiro atoms. The highest BCUT2D eigenvalue weighted by atomic mass is 32.2. The molecule has 1 aliphatic heterocycles. The molecule has 4 rings (SSSR count). The molecular formula is C18H21N3OS2. The average Bonchev–Trinajstić information content (AvgIpc) is 3.11. The highest BCUT2D eigenvalue weighted by molar-refractivity contribution is 8.19. The van der Waals surface area contributed by atoms with Gasteiger partial charge in [-0.3, -0.25) is 4.79 Å². The number of amides is 1. The van der Waals surface area contributed by atoms with E-state index in [-0.39, 0.29) is 5.91 Å². The summed E-state index contributed by atoms with van der Waals surface area (Å²) in [6.07, 6.45) is 4.27. The molecule has 24 heavy (non-hydrogen) atoms. The predicted molar refractivity (Wildman–Crippen MR) is 102 cm³/mol. The Kier molecular flexibility index (Phi) is 4.59. The molecule has 126 valence electrons. The molecule has 2 fully saturated rings. The first-order valence-corrected chi connectivity index (χ1v) is 10.5. The van der Waals surface area contributed by atoms with Gasteiger partial charge in [0.15, 0.2) is 0 Å². The van der Waals surface area contributed by atoms with Crippen molar-refractivity contribution in [2.75, 3.05) is 16.8 Å². The molecule has 1 aromatic carbocycles. The molecule has 2 aliphatic rings. The number of carbonyl (C=O) groups is 1. The molecule has 1 unspecified atom stereocenters. The smallest absolute Gasteiger partial charge is 0.256 e. The molecule has 1 saturated heterocycles.